The van der Waals surface area contributed by atoms with Gasteiger partial charge >= 0.3 is 0 Å². The van der Waals surface area contributed by atoms with E-state index < -0.39 is 0 Å². The first-order valence-electron chi connectivity index (χ1n) is 5.38. The molecule has 0 atom stereocenters. The minimum absolute atomic E-state index is 0.133. The lowest BCUT2D eigenvalue weighted by molar-refractivity contribution is 0.484. The molecule has 0 aromatic heterocycles. The van der Waals surface area contributed by atoms with Crippen molar-refractivity contribution >= 4 is 11.9 Å². The highest BCUT2D eigenvalue weighted by Crippen LogP contribution is 2.06. The Morgan fingerprint density at radius 2 is 1.44 bits per heavy atom. The Morgan fingerprint density at radius 1 is 1.00 bits per heavy atom. The molecule has 94 valence electrons. The van der Waals surface area contributed by atoms with E-state index in [2.05, 4.69) is 15.3 Å². The zero-order valence-corrected chi connectivity index (χ0v) is 11.8. The highest BCUT2D eigenvalue weighted by molar-refractivity contribution is 5.94. The van der Waals surface area contributed by atoms with Crippen LogP contribution in [0, 0.1) is 0 Å². The fourth-order valence-electron chi connectivity index (χ4n) is 1.15. The van der Waals surface area contributed by atoms with Gasteiger partial charge in [0.05, 0.1) is 5.54 Å². The van der Waals surface area contributed by atoms with Crippen molar-refractivity contribution in [1.82, 2.24) is 15.1 Å². The van der Waals surface area contributed by atoms with Gasteiger partial charge in [0, 0.05) is 35.2 Å². The number of nitrogens with one attached hydrogen (secondary N) is 1. The van der Waals surface area contributed by atoms with Gasteiger partial charge < -0.3 is 15.1 Å². The van der Waals surface area contributed by atoms with Gasteiger partial charge in [-0.25, -0.2) is 4.99 Å². The molecule has 0 unspecified atom stereocenters. The van der Waals surface area contributed by atoms with E-state index in [4.69, 9.17) is 0 Å². The molecule has 0 aliphatic heterocycles. The molecule has 0 heterocycles. The summed E-state index contributed by atoms with van der Waals surface area (Å²) in [6.07, 6.45) is 0. The van der Waals surface area contributed by atoms with Crippen molar-refractivity contribution in [2.75, 3.05) is 35.2 Å². The molecule has 0 saturated heterocycles. The molecule has 0 saturated carbocycles. The van der Waals surface area contributed by atoms with Crippen molar-refractivity contribution in [3.8, 4) is 0 Å². The van der Waals surface area contributed by atoms with Gasteiger partial charge in [-0.2, -0.15) is 4.99 Å². The molecule has 5 heteroatoms. The Morgan fingerprint density at radius 3 is 1.69 bits per heavy atom. The summed E-state index contributed by atoms with van der Waals surface area (Å²) in [5.74, 6) is 1.50. The predicted octanol–water partition coefficient (Wildman–Crippen LogP) is 0.840. The number of hydrogen-bond donors (Lipinski definition) is 1. The standard InChI is InChI=1S/C11H25N5/c1-11(2,3)14-9(12-4)13-10(15(5)6)16(7)8/h1-8H3,(H,12,14). The van der Waals surface area contributed by atoms with Gasteiger partial charge in [0.25, 0.3) is 0 Å². The number of guanidine groups is 2. The molecular formula is C11H25N5. The molecule has 5 nitrogen and oxygen atoms in total. The lowest BCUT2D eigenvalue weighted by Crippen LogP contribution is -2.37. The van der Waals surface area contributed by atoms with Crippen LogP contribution in [0.5, 0.6) is 0 Å². The van der Waals surface area contributed by atoms with Crippen LogP contribution in [0.2, 0.25) is 0 Å². The molecule has 0 bridgehead atoms. The van der Waals surface area contributed by atoms with Crippen molar-refractivity contribution in [1.29, 1.82) is 0 Å². The molecule has 0 aliphatic rings. The maximum atomic E-state index is 4.50. The summed E-state index contributed by atoms with van der Waals surface area (Å²) in [5, 5.41) is 3.01. The minimum Gasteiger partial charge on any atom is -0.357 e. The van der Waals surface area contributed by atoms with Crippen molar-refractivity contribution in [3.05, 3.63) is 0 Å². The highest BCUT2D eigenvalue weighted by atomic mass is 15.4. The first-order valence-corrected chi connectivity index (χ1v) is 5.38. The van der Waals surface area contributed by atoms with Crippen LogP contribution in [0.1, 0.15) is 20.8 Å². The van der Waals surface area contributed by atoms with Gasteiger partial charge in [0.1, 0.15) is 0 Å². The van der Waals surface area contributed by atoms with Crippen molar-refractivity contribution in [2.45, 2.75) is 26.3 Å². The average Bonchev–Trinajstić information content (AvgIpc) is 2.08. The fraction of sp³-hybridized carbons (Fsp3) is 0.818. The Balaban J connectivity index is 5.13. The molecule has 0 spiro atoms. The molecular weight excluding hydrogens is 202 g/mol. The van der Waals surface area contributed by atoms with Crippen LogP contribution in [0.3, 0.4) is 0 Å². The van der Waals surface area contributed by atoms with E-state index in [0.717, 1.165) is 5.96 Å². The normalized spacial score (nSPS) is 12.1. The zero-order valence-electron chi connectivity index (χ0n) is 11.8. The van der Waals surface area contributed by atoms with E-state index >= 15 is 0 Å². The summed E-state index contributed by atoms with van der Waals surface area (Å²) in [6.45, 7) is 6.14. The summed E-state index contributed by atoms with van der Waals surface area (Å²) < 4.78 is 0. The smallest absolute Gasteiger partial charge is 0.221 e. The fourth-order valence-corrected chi connectivity index (χ4v) is 1.15. The van der Waals surface area contributed by atoms with E-state index in [1.807, 2.05) is 65.8 Å². The first-order chi connectivity index (χ1) is 7.17. The van der Waals surface area contributed by atoms with E-state index in [0.29, 0.717) is 5.96 Å². The number of aliphatic imine (C=N–C) groups is 2. The third-order valence-electron chi connectivity index (χ3n) is 1.67. The van der Waals surface area contributed by atoms with Gasteiger partial charge in [-0.15, -0.1) is 0 Å². The molecule has 0 aliphatic carbocycles. The van der Waals surface area contributed by atoms with Crippen LogP contribution in [-0.4, -0.2) is 62.5 Å². The quantitative estimate of drug-likeness (QED) is 0.492. The second kappa shape index (κ2) is 5.72. The maximum absolute atomic E-state index is 4.50. The highest BCUT2D eigenvalue weighted by Gasteiger charge is 2.11. The summed E-state index contributed by atoms with van der Waals surface area (Å²) in [4.78, 5) is 12.9. The molecule has 0 rings (SSSR count). The average molecular weight is 227 g/mol. The Hall–Kier alpha value is -1.26. The van der Waals surface area contributed by atoms with Gasteiger partial charge in [-0.3, -0.25) is 0 Å². The SMILES string of the molecule is CNC(=NC(C)(C)C)N=C(N(C)C)N(C)C. The predicted molar refractivity (Wildman–Crippen MR) is 71.1 cm³/mol. The van der Waals surface area contributed by atoms with Crippen LogP contribution in [-0.2, 0) is 0 Å². The molecule has 0 aromatic carbocycles. The van der Waals surface area contributed by atoms with Crippen LogP contribution < -0.4 is 5.32 Å². The van der Waals surface area contributed by atoms with Gasteiger partial charge in [0.2, 0.25) is 11.9 Å². The van der Waals surface area contributed by atoms with Crippen molar-refractivity contribution in [2.24, 2.45) is 9.98 Å². The number of rotatable bonds is 0. The van der Waals surface area contributed by atoms with E-state index in [9.17, 15) is 0 Å². The van der Waals surface area contributed by atoms with E-state index in [1.54, 1.807) is 0 Å². The Labute approximate surface area is 99.2 Å². The molecule has 0 radical (unpaired) electrons. The summed E-state index contributed by atoms with van der Waals surface area (Å²) in [7, 11) is 9.68. The molecule has 0 aromatic rings. The first kappa shape index (κ1) is 14.7. The third-order valence-corrected chi connectivity index (χ3v) is 1.67. The van der Waals surface area contributed by atoms with E-state index in [-0.39, 0.29) is 5.54 Å². The maximum Gasteiger partial charge on any atom is 0.221 e. The van der Waals surface area contributed by atoms with Gasteiger partial charge in [0.15, 0.2) is 0 Å². The van der Waals surface area contributed by atoms with Crippen LogP contribution in [0.15, 0.2) is 9.98 Å². The summed E-state index contributed by atoms with van der Waals surface area (Å²) in [5.41, 5.74) is -0.133. The topological polar surface area (TPSA) is 43.2 Å². The zero-order chi connectivity index (χ0) is 12.9. The molecule has 0 amide bonds. The molecule has 0 fully saturated rings. The summed E-state index contributed by atoms with van der Waals surface area (Å²) in [6, 6.07) is 0. The molecule has 1 N–H and O–H groups in total. The number of hydrogen-bond acceptors (Lipinski definition) is 1. The van der Waals surface area contributed by atoms with Crippen LogP contribution in [0.25, 0.3) is 0 Å². The van der Waals surface area contributed by atoms with Crippen LogP contribution in [0.4, 0.5) is 0 Å². The second-order valence-electron chi connectivity index (χ2n) is 5.06. The Kier molecular flexibility index (Phi) is 5.27. The minimum atomic E-state index is -0.133. The Bertz CT molecular complexity index is 261. The summed E-state index contributed by atoms with van der Waals surface area (Å²) >= 11 is 0. The number of nitrogens with zero attached hydrogens (tertiary/aromatic N) is 4. The lowest BCUT2D eigenvalue weighted by Gasteiger charge is -2.23. The van der Waals surface area contributed by atoms with Crippen LogP contribution >= 0.6 is 0 Å². The third kappa shape index (κ3) is 5.58. The second-order valence-corrected chi connectivity index (χ2v) is 5.06. The van der Waals surface area contributed by atoms with Crippen molar-refractivity contribution in [3.63, 3.8) is 0 Å². The lowest BCUT2D eigenvalue weighted by atomic mass is 10.1. The van der Waals surface area contributed by atoms with Gasteiger partial charge in [-0.1, -0.05) is 0 Å². The van der Waals surface area contributed by atoms with E-state index in [1.165, 1.54) is 0 Å². The monoisotopic (exact) mass is 227 g/mol. The largest absolute Gasteiger partial charge is 0.357 e. The molecule has 16 heavy (non-hydrogen) atoms. The van der Waals surface area contributed by atoms with Gasteiger partial charge in [-0.05, 0) is 20.8 Å². The van der Waals surface area contributed by atoms with Crippen molar-refractivity contribution < 1.29 is 0 Å².